The van der Waals surface area contributed by atoms with Gasteiger partial charge in [0.2, 0.25) is 0 Å². The Bertz CT molecular complexity index is 583. The van der Waals surface area contributed by atoms with E-state index in [0.717, 1.165) is 5.56 Å². The van der Waals surface area contributed by atoms with Crippen LogP contribution in [0.25, 0.3) is 5.69 Å². The lowest BCUT2D eigenvalue weighted by Crippen LogP contribution is -1.97. The summed E-state index contributed by atoms with van der Waals surface area (Å²) in [6.45, 7) is 0. The molecule has 4 nitrogen and oxygen atoms in total. The Kier molecular flexibility index (Phi) is 3.62. The summed E-state index contributed by atoms with van der Waals surface area (Å²) in [5.41, 5.74) is 1.43. The van der Waals surface area contributed by atoms with Crippen molar-refractivity contribution in [3.8, 4) is 5.69 Å². The molecule has 2 aromatic rings. The maximum absolute atomic E-state index is 13.0. The number of hydrogen-bond donors (Lipinski definition) is 1. The molecule has 94 valence electrons. The number of rotatable bonds is 4. The van der Waals surface area contributed by atoms with Gasteiger partial charge in [0.15, 0.2) is 0 Å². The third kappa shape index (κ3) is 2.87. The lowest BCUT2D eigenvalue weighted by atomic mass is 10.2. The fourth-order valence-electron chi connectivity index (χ4n) is 1.51. The van der Waals surface area contributed by atoms with Crippen molar-refractivity contribution in [2.75, 3.05) is 0 Å². The zero-order valence-electron chi connectivity index (χ0n) is 9.31. The monoisotopic (exact) mass is 268 g/mol. The van der Waals surface area contributed by atoms with E-state index in [9.17, 15) is 9.18 Å². The average molecular weight is 269 g/mol. The molecular weight excluding hydrogens is 259 g/mol. The Morgan fingerprint density at radius 2 is 2.28 bits per heavy atom. The van der Waals surface area contributed by atoms with E-state index < -0.39 is 11.8 Å². The van der Waals surface area contributed by atoms with Gasteiger partial charge in [-0.1, -0.05) is 11.6 Å². The zero-order valence-corrected chi connectivity index (χ0v) is 10.1. The molecule has 0 saturated heterocycles. The van der Waals surface area contributed by atoms with Crippen LogP contribution in [0.4, 0.5) is 4.39 Å². The summed E-state index contributed by atoms with van der Waals surface area (Å²) in [6.07, 6.45) is 3.74. The van der Waals surface area contributed by atoms with Crippen molar-refractivity contribution in [1.82, 2.24) is 9.78 Å². The summed E-state index contributed by atoms with van der Waals surface area (Å²) in [5, 5.41) is 12.7. The lowest BCUT2D eigenvalue weighted by molar-refractivity contribution is -0.136. The lowest BCUT2D eigenvalue weighted by Gasteiger charge is -2.02. The number of halogens is 2. The summed E-state index contributed by atoms with van der Waals surface area (Å²) < 4.78 is 14.5. The Labute approximate surface area is 108 Å². The Morgan fingerprint density at radius 3 is 2.94 bits per heavy atom. The minimum absolute atomic E-state index is 0.0232. The van der Waals surface area contributed by atoms with E-state index in [-0.39, 0.29) is 11.4 Å². The molecule has 0 amide bonds. The number of carboxylic acid groups (broad SMARTS) is 1. The van der Waals surface area contributed by atoms with Crippen LogP contribution in [0, 0.1) is 5.82 Å². The predicted molar refractivity (Wildman–Crippen MR) is 64.5 cm³/mol. The van der Waals surface area contributed by atoms with Crippen molar-refractivity contribution in [3.63, 3.8) is 0 Å². The highest BCUT2D eigenvalue weighted by Gasteiger charge is 2.06. The number of hydrogen-bond acceptors (Lipinski definition) is 2. The smallest absolute Gasteiger partial charge is 0.303 e. The molecule has 0 aliphatic rings. The SMILES string of the molecule is O=C(O)CCc1cnn(-c2ccc(F)c(Cl)c2)c1. The van der Waals surface area contributed by atoms with Gasteiger partial charge in [-0.2, -0.15) is 5.10 Å². The van der Waals surface area contributed by atoms with Crippen LogP contribution >= 0.6 is 11.6 Å². The molecule has 0 unspecified atom stereocenters. The second-order valence-corrected chi connectivity index (χ2v) is 4.19. The van der Waals surface area contributed by atoms with Gasteiger partial charge in [0.05, 0.1) is 16.9 Å². The van der Waals surface area contributed by atoms with Crippen molar-refractivity contribution in [1.29, 1.82) is 0 Å². The first kappa shape index (κ1) is 12.6. The highest BCUT2D eigenvalue weighted by atomic mass is 35.5. The molecule has 1 aromatic carbocycles. The third-order valence-corrected chi connectivity index (χ3v) is 2.72. The van der Waals surface area contributed by atoms with Crippen molar-refractivity contribution in [2.45, 2.75) is 12.8 Å². The Balaban J connectivity index is 2.18. The molecule has 18 heavy (non-hydrogen) atoms. The molecule has 0 aliphatic carbocycles. The number of aromatic nitrogens is 2. The fourth-order valence-corrected chi connectivity index (χ4v) is 1.68. The minimum atomic E-state index is -0.854. The molecule has 0 radical (unpaired) electrons. The standard InChI is InChI=1S/C12H10ClFN2O2/c13-10-5-9(2-3-11(10)14)16-7-8(6-15-16)1-4-12(17)18/h2-3,5-7H,1,4H2,(H,17,18). The summed E-state index contributed by atoms with van der Waals surface area (Å²) >= 11 is 5.68. The van der Waals surface area contributed by atoms with Crippen LogP contribution < -0.4 is 0 Å². The molecule has 1 aromatic heterocycles. The van der Waals surface area contributed by atoms with Crippen molar-refractivity contribution in [3.05, 3.63) is 47.0 Å². The molecule has 2 rings (SSSR count). The van der Waals surface area contributed by atoms with Gasteiger partial charge < -0.3 is 5.11 Å². The highest BCUT2D eigenvalue weighted by molar-refractivity contribution is 6.30. The topological polar surface area (TPSA) is 55.1 Å². The van der Waals surface area contributed by atoms with Gasteiger partial charge in [-0.3, -0.25) is 4.79 Å². The van der Waals surface area contributed by atoms with E-state index in [4.69, 9.17) is 16.7 Å². The number of nitrogens with zero attached hydrogens (tertiary/aromatic N) is 2. The molecule has 0 aliphatic heterocycles. The van der Waals surface area contributed by atoms with Gasteiger partial charge in [-0.25, -0.2) is 9.07 Å². The second kappa shape index (κ2) is 5.18. The van der Waals surface area contributed by atoms with E-state index in [0.29, 0.717) is 12.1 Å². The third-order valence-electron chi connectivity index (χ3n) is 2.43. The maximum Gasteiger partial charge on any atom is 0.303 e. The first-order valence-corrected chi connectivity index (χ1v) is 5.65. The van der Waals surface area contributed by atoms with Gasteiger partial charge in [0.25, 0.3) is 0 Å². The molecule has 1 N–H and O–H groups in total. The van der Waals surface area contributed by atoms with Gasteiger partial charge in [0, 0.05) is 12.6 Å². The Hall–Kier alpha value is -1.88. The zero-order chi connectivity index (χ0) is 13.1. The second-order valence-electron chi connectivity index (χ2n) is 3.79. The van der Waals surface area contributed by atoms with Crippen LogP contribution in [0.15, 0.2) is 30.6 Å². The number of carbonyl (C=O) groups is 1. The maximum atomic E-state index is 13.0. The molecule has 0 spiro atoms. The van der Waals surface area contributed by atoms with Crippen LogP contribution in [0.2, 0.25) is 5.02 Å². The van der Waals surface area contributed by atoms with Crippen LogP contribution in [-0.4, -0.2) is 20.9 Å². The van der Waals surface area contributed by atoms with Crippen LogP contribution in [-0.2, 0) is 11.2 Å². The van der Waals surface area contributed by atoms with Crippen molar-refractivity contribution >= 4 is 17.6 Å². The largest absolute Gasteiger partial charge is 0.481 e. The van der Waals surface area contributed by atoms with Gasteiger partial charge >= 0.3 is 5.97 Å². The summed E-state index contributed by atoms with van der Waals surface area (Å²) in [4.78, 5) is 10.4. The quantitative estimate of drug-likeness (QED) is 0.927. The van der Waals surface area contributed by atoms with E-state index in [1.54, 1.807) is 18.5 Å². The summed E-state index contributed by atoms with van der Waals surface area (Å²) in [6, 6.07) is 4.27. The molecule has 0 fully saturated rings. The van der Waals surface area contributed by atoms with E-state index in [1.165, 1.54) is 16.8 Å². The molecule has 0 atom stereocenters. The van der Waals surface area contributed by atoms with Crippen LogP contribution in [0.5, 0.6) is 0 Å². The van der Waals surface area contributed by atoms with Gasteiger partial charge in [-0.05, 0) is 30.2 Å². The summed E-state index contributed by atoms with van der Waals surface area (Å²) in [7, 11) is 0. The van der Waals surface area contributed by atoms with E-state index in [2.05, 4.69) is 5.10 Å². The normalized spacial score (nSPS) is 10.6. The van der Waals surface area contributed by atoms with Crippen LogP contribution in [0.3, 0.4) is 0 Å². The number of carboxylic acids is 1. The fraction of sp³-hybridized carbons (Fsp3) is 0.167. The number of aryl methyl sites for hydroxylation is 1. The molecule has 6 heteroatoms. The summed E-state index contributed by atoms with van der Waals surface area (Å²) in [5.74, 6) is -1.34. The Morgan fingerprint density at radius 1 is 1.50 bits per heavy atom. The average Bonchev–Trinajstić information content (AvgIpc) is 2.79. The van der Waals surface area contributed by atoms with E-state index >= 15 is 0 Å². The van der Waals surface area contributed by atoms with Gasteiger partial charge in [0.1, 0.15) is 5.82 Å². The first-order valence-electron chi connectivity index (χ1n) is 5.27. The highest BCUT2D eigenvalue weighted by Crippen LogP contribution is 2.18. The molecular formula is C12H10ClFN2O2. The minimum Gasteiger partial charge on any atom is -0.481 e. The molecule has 0 saturated carbocycles. The van der Waals surface area contributed by atoms with Crippen molar-refractivity contribution in [2.24, 2.45) is 0 Å². The number of benzene rings is 1. The van der Waals surface area contributed by atoms with Crippen molar-refractivity contribution < 1.29 is 14.3 Å². The number of aliphatic carboxylic acids is 1. The first-order chi connectivity index (χ1) is 8.56. The molecule has 1 heterocycles. The predicted octanol–water partition coefficient (Wildman–Crippen LogP) is 2.68. The molecule has 0 bridgehead atoms. The van der Waals surface area contributed by atoms with Gasteiger partial charge in [-0.15, -0.1) is 0 Å². The van der Waals surface area contributed by atoms with Crippen LogP contribution in [0.1, 0.15) is 12.0 Å². The van der Waals surface area contributed by atoms with E-state index in [1.807, 2.05) is 0 Å².